The Morgan fingerprint density at radius 3 is 0.676 bits per heavy atom. The number of carbonyl (C=O) groups excluding carboxylic acids is 4. The van der Waals surface area contributed by atoms with Crippen molar-refractivity contribution >= 4 is 23.9 Å². The van der Waals surface area contributed by atoms with Crippen molar-refractivity contribution in [2.75, 3.05) is 0 Å². The zero-order chi connectivity index (χ0) is 26.8. The Balaban J connectivity index is 0.000000463. The number of carboxylic acids is 4. The average molecular weight is 681 g/mol. The normalized spacial score (nSPS) is 8.65. The monoisotopic (exact) mass is 681 g/mol. The van der Waals surface area contributed by atoms with Gasteiger partial charge in [0.25, 0.3) is 0 Å². The fourth-order valence-electron chi connectivity index (χ4n) is 1.93. The van der Waals surface area contributed by atoms with E-state index in [1.165, 1.54) is 49.1 Å². The molecule has 4 aromatic rings. The molecule has 13 heteroatoms. The molecule has 0 atom stereocenters. The van der Waals surface area contributed by atoms with Crippen LogP contribution in [0.3, 0.4) is 0 Å². The van der Waals surface area contributed by atoms with E-state index in [9.17, 15) is 39.6 Å². The molecule has 12 nitrogen and oxygen atoms in total. The van der Waals surface area contributed by atoms with Crippen molar-refractivity contribution in [1.29, 1.82) is 0 Å². The second-order valence-corrected chi connectivity index (χ2v) is 6.01. The third-order valence-corrected chi connectivity index (χ3v) is 3.50. The summed E-state index contributed by atoms with van der Waals surface area (Å²) in [5.74, 6) is -4.96. The van der Waals surface area contributed by atoms with Crippen molar-refractivity contribution in [3.8, 4) is 0 Å². The van der Waals surface area contributed by atoms with Gasteiger partial charge in [-0.25, -0.2) is 0 Å². The van der Waals surface area contributed by atoms with Gasteiger partial charge in [-0.15, -0.1) is 0 Å². The molecule has 0 N–H and O–H groups in total. The molecule has 193 valence electrons. The van der Waals surface area contributed by atoms with Gasteiger partial charge in [0.15, 0.2) is 0 Å². The number of carboxylic acid groups (broad SMARTS) is 4. The molecule has 0 unspecified atom stereocenters. The van der Waals surface area contributed by atoms with Crippen LogP contribution in [0.1, 0.15) is 42.0 Å². The summed E-state index contributed by atoms with van der Waals surface area (Å²) in [6, 6.07) is 18.5. The van der Waals surface area contributed by atoms with Gasteiger partial charge in [-0.1, -0.05) is 24.3 Å². The molecule has 4 aromatic heterocycles. The third-order valence-electron chi connectivity index (χ3n) is 3.50. The molecule has 0 aliphatic heterocycles. The Morgan fingerprint density at radius 1 is 0.405 bits per heavy atom. The van der Waals surface area contributed by atoms with Gasteiger partial charge in [-0.05, 0) is 48.5 Å². The minimum Gasteiger partial charge on any atom is -0.543 e. The van der Waals surface area contributed by atoms with Crippen LogP contribution >= 0.6 is 0 Å². The van der Waals surface area contributed by atoms with Crippen molar-refractivity contribution in [1.82, 2.24) is 19.9 Å². The van der Waals surface area contributed by atoms with Crippen LogP contribution in [0.5, 0.6) is 0 Å². The van der Waals surface area contributed by atoms with E-state index >= 15 is 0 Å². The molecular formula is C24H16IrN4O8-4. The van der Waals surface area contributed by atoms with Crippen LogP contribution in [-0.4, -0.2) is 43.8 Å². The van der Waals surface area contributed by atoms with Gasteiger partial charge < -0.3 is 39.6 Å². The van der Waals surface area contributed by atoms with Gasteiger partial charge in [0.1, 0.15) is 0 Å². The number of pyridine rings is 4. The van der Waals surface area contributed by atoms with E-state index in [4.69, 9.17) is 0 Å². The summed E-state index contributed by atoms with van der Waals surface area (Å²) < 4.78 is 0. The first-order valence-electron chi connectivity index (χ1n) is 9.71. The number of carbonyl (C=O) groups is 4. The minimum atomic E-state index is -1.24. The van der Waals surface area contributed by atoms with Gasteiger partial charge in [0, 0.05) is 44.9 Å². The number of hydrogen-bond acceptors (Lipinski definition) is 12. The molecule has 0 amide bonds. The number of nitrogens with zero attached hydrogens (tertiary/aromatic N) is 4. The molecule has 0 bridgehead atoms. The fourth-order valence-corrected chi connectivity index (χ4v) is 1.93. The topological polar surface area (TPSA) is 212 Å². The van der Waals surface area contributed by atoms with Crippen LogP contribution in [0.25, 0.3) is 0 Å². The molecule has 0 saturated carbocycles. The number of aromatic nitrogens is 4. The standard InChI is InChI=1S/4C6H5NO2.Ir/c4*8-6(9)5-3-1-2-4-7-5;/h4*1-4H,(H,8,9);/p-4. The van der Waals surface area contributed by atoms with Gasteiger partial charge in [0.2, 0.25) is 0 Å². The SMILES string of the molecule is O=C([O-])c1ccccn1.O=C([O-])c1ccccn1.O=C([O-])c1ccccn1.O=C([O-])c1ccccn1.[Ir]. The maximum Gasteiger partial charge on any atom is 0.0899 e. The summed E-state index contributed by atoms with van der Waals surface area (Å²) in [5.41, 5.74) is -0.120. The van der Waals surface area contributed by atoms with Crippen LogP contribution in [0, 0.1) is 0 Å². The number of aromatic carboxylic acids is 4. The largest absolute Gasteiger partial charge is 0.543 e. The Kier molecular flexibility index (Phi) is 16.0. The van der Waals surface area contributed by atoms with Crippen molar-refractivity contribution < 1.29 is 59.7 Å². The molecule has 0 fully saturated rings. The molecule has 4 heterocycles. The van der Waals surface area contributed by atoms with E-state index in [2.05, 4.69) is 19.9 Å². The smallest absolute Gasteiger partial charge is 0.0899 e. The molecule has 0 aromatic carbocycles. The molecule has 37 heavy (non-hydrogen) atoms. The average Bonchev–Trinajstić information content (AvgIpc) is 2.92. The molecule has 1 radical (unpaired) electrons. The second-order valence-electron chi connectivity index (χ2n) is 6.01. The van der Waals surface area contributed by atoms with E-state index in [0.29, 0.717) is 0 Å². The quantitative estimate of drug-likeness (QED) is 0.224. The van der Waals surface area contributed by atoms with Crippen LogP contribution in [0.15, 0.2) is 97.6 Å². The van der Waals surface area contributed by atoms with E-state index in [1.54, 1.807) is 48.5 Å². The summed E-state index contributed by atoms with van der Waals surface area (Å²) in [6.07, 6.45) is 5.63. The Hall–Kier alpha value is -4.87. The summed E-state index contributed by atoms with van der Waals surface area (Å²) in [4.78, 5) is 54.2. The molecular weight excluding hydrogens is 665 g/mol. The molecule has 0 saturated heterocycles. The molecule has 0 aliphatic carbocycles. The first-order chi connectivity index (χ1) is 17.2. The van der Waals surface area contributed by atoms with E-state index in [1.807, 2.05) is 0 Å². The molecule has 4 rings (SSSR count). The maximum absolute atomic E-state index is 10.0. The summed E-state index contributed by atoms with van der Waals surface area (Å²) in [5, 5.41) is 40.1. The predicted octanol–water partition coefficient (Wildman–Crippen LogP) is -2.22. The summed E-state index contributed by atoms with van der Waals surface area (Å²) in [6.45, 7) is 0. The van der Waals surface area contributed by atoms with Crippen molar-refractivity contribution in [3.05, 3.63) is 120 Å². The third kappa shape index (κ3) is 14.2. The molecule has 0 spiro atoms. The van der Waals surface area contributed by atoms with Crippen LogP contribution in [0.2, 0.25) is 0 Å². The van der Waals surface area contributed by atoms with Crippen LogP contribution in [0.4, 0.5) is 0 Å². The van der Waals surface area contributed by atoms with E-state index < -0.39 is 23.9 Å². The molecule has 0 aliphatic rings. The zero-order valence-corrected chi connectivity index (χ0v) is 21.0. The fraction of sp³-hybridized carbons (Fsp3) is 0. The first kappa shape index (κ1) is 32.1. The van der Waals surface area contributed by atoms with Crippen molar-refractivity contribution in [2.45, 2.75) is 0 Å². The van der Waals surface area contributed by atoms with Gasteiger partial charge in [-0.2, -0.15) is 0 Å². The Labute approximate surface area is 223 Å². The number of rotatable bonds is 4. The zero-order valence-electron chi connectivity index (χ0n) is 18.6. The van der Waals surface area contributed by atoms with Crippen molar-refractivity contribution in [2.24, 2.45) is 0 Å². The van der Waals surface area contributed by atoms with Gasteiger partial charge in [-0.3, -0.25) is 19.9 Å². The Bertz CT molecular complexity index is 1030. The maximum atomic E-state index is 10.0. The predicted molar refractivity (Wildman–Crippen MR) is 114 cm³/mol. The van der Waals surface area contributed by atoms with E-state index in [-0.39, 0.29) is 42.9 Å². The van der Waals surface area contributed by atoms with Gasteiger partial charge in [0.05, 0.1) is 46.7 Å². The summed E-state index contributed by atoms with van der Waals surface area (Å²) in [7, 11) is 0. The van der Waals surface area contributed by atoms with Gasteiger partial charge >= 0.3 is 0 Å². The summed E-state index contributed by atoms with van der Waals surface area (Å²) >= 11 is 0. The first-order valence-corrected chi connectivity index (χ1v) is 9.71. The second kappa shape index (κ2) is 18.5. The Morgan fingerprint density at radius 2 is 0.595 bits per heavy atom. The number of hydrogen-bond donors (Lipinski definition) is 0. The van der Waals surface area contributed by atoms with Crippen molar-refractivity contribution in [3.63, 3.8) is 0 Å². The van der Waals surface area contributed by atoms with E-state index in [0.717, 1.165) is 0 Å². The van der Waals surface area contributed by atoms with Crippen LogP contribution < -0.4 is 20.4 Å². The van der Waals surface area contributed by atoms with Crippen LogP contribution in [-0.2, 0) is 20.1 Å². The minimum absolute atomic E-state index is 0.